The van der Waals surface area contributed by atoms with Gasteiger partial charge in [-0.05, 0) is 17.2 Å². The predicted octanol–water partition coefficient (Wildman–Crippen LogP) is 4.47. The number of hydrogen-bond donors (Lipinski definition) is 1. The third-order valence-corrected chi connectivity index (χ3v) is 4.06. The number of ether oxygens (including phenoxy) is 1. The Morgan fingerprint density at radius 3 is 2.41 bits per heavy atom. The van der Waals surface area contributed by atoms with Crippen LogP contribution in [0.5, 0.6) is 5.75 Å². The number of carboxylic acid groups (broad SMARTS) is 1. The van der Waals surface area contributed by atoms with E-state index in [1.807, 2.05) is 48.5 Å². The van der Waals surface area contributed by atoms with E-state index >= 15 is 0 Å². The number of nitro groups is 1. The van der Waals surface area contributed by atoms with Crippen LogP contribution in [0.3, 0.4) is 0 Å². The van der Waals surface area contributed by atoms with Gasteiger partial charge in [0.05, 0.1) is 11.3 Å². The molecule has 6 heteroatoms. The van der Waals surface area contributed by atoms with Crippen LogP contribution in [0.25, 0.3) is 11.1 Å². The van der Waals surface area contributed by atoms with Gasteiger partial charge < -0.3 is 9.84 Å². The van der Waals surface area contributed by atoms with Crippen LogP contribution in [0.2, 0.25) is 0 Å². The number of para-hydroxylation sites is 1. The molecule has 0 radical (unpaired) electrons. The minimum Gasteiger partial charge on any atom is -0.488 e. The van der Waals surface area contributed by atoms with Crippen molar-refractivity contribution in [3.63, 3.8) is 0 Å². The molecule has 1 N–H and O–H groups in total. The average molecular weight is 363 g/mol. The Balaban J connectivity index is 1.93. The number of hydrogen-bond acceptors (Lipinski definition) is 4. The molecule has 0 unspecified atom stereocenters. The first kappa shape index (κ1) is 18.1. The van der Waals surface area contributed by atoms with Crippen molar-refractivity contribution < 1.29 is 19.6 Å². The van der Waals surface area contributed by atoms with Gasteiger partial charge in [-0.3, -0.25) is 14.9 Å². The lowest BCUT2D eigenvalue weighted by atomic mass is 10.00. The summed E-state index contributed by atoms with van der Waals surface area (Å²) in [6.45, 7) is 0.372. The maximum Gasteiger partial charge on any atom is 0.308 e. The minimum atomic E-state index is -1.11. The molecule has 0 aromatic heterocycles. The third kappa shape index (κ3) is 4.49. The highest BCUT2D eigenvalue weighted by Gasteiger charge is 2.18. The van der Waals surface area contributed by atoms with Gasteiger partial charge in [-0.1, -0.05) is 60.7 Å². The molecule has 0 bridgehead atoms. The standard InChI is InChI=1S/C21H17NO5/c23-21(24)13-17-11-10-16(12-19(17)22(25)26)18-8-4-5-9-20(18)27-14-15-6-2-1-3-7-15/h1-12H,13-14H2,(H,23,24). The molecule has 0 aliphatic rings. The Hall–Kier alpha value is -3.67. The highest BCUT2D eigenvalue weighted by Crippen LogP contribution is 2.34. The number of aliphatic carboxylic acids is 1. The van der Waals surface area contributed by atoms with Crippen molar-refractivity contribution in [2.24, 2.45) is 0 Å². The first-order chi connectivity index (χ1) is 13.0. The lowest BCUT2D eigenvalue weighted by Crippen LogP contribution is -2.04. The van der Waals surface area contributed by atoms with Crippen LogP contribution in [0, 0.1) is 10.1 Å². The molecule has 3 rings (SSSR count). The fraction of sp³-hybridized carbons (Fsp3) is 0.0952. The maximum atomic E-state index is 11.4. The molecule has 27 heavy (non-hydrogen) atoms. The molecular weight excluding hydrogens is 346 g/mol. The van der Waals surface area contributed by atoms with Crippen molar-refractivity contribution in [3.8, 4) is 16.9 Å². The van der Waals surface area contributed by atoms with E-state index in [4.69, 9.17) is 9.84 Å². The highest BCUT2D eigenvalue weighted by molar-refractivity contribution is 5.76. The fourth-order valence-corrected chi connectivity index (χ4v) is 2.78. The first-order valence-electron chi connectivity index (χ1n) is 8.30. The number of nitro benzene ring substituents is 1. The van der Waals surface area contributed by atoms with E-state index in [1.165, 1.54) is 12.1 Å². The molecule has 6 nitrogen and oxygen atoms in total. The summed E-state index contributed by atoms with van der Waals surface area (Å²) in [6, 6.07) is 21.5. The van der Waals surface area contributed by atoms with Gasteiger partial charge in [0, 0.05) is 17.2 Å². The van der Waals surface area contributed by atoms with Crippen LogP contribution in [0.15, 0.2) is 72.8 Å². The molecule has 3 aromatic carbocycles. The Bertz CT molecular complexity index is 969. The van der Waals surface area contributed by atoms with Gasteiger partial charge in [0.1, 0.15) is 12.4 Å². The number of carbonyl (C=O) groups is 1. The maximum absolute atomic E-state index is 11.4. The second-order valence-corrected chi connectivity index (χ2v) is 5.94. The van der Waals surface area contributed by atoms with Crippen molar-refractivity contribution in [1.82, 2.24) is 0 Å². The topological polar surface area (TPSA) is 89.7 Å². The van der Waals surface area contributed by atoms with Crippen molar-refractivity contribution in [2.75, 3.05) is 0 Å². The summed E-state index contributed by atoms with van der Waals surface area (Å²) in [6.07, 6.45) is -0.400. The summed E-state index contributed by atoms with van der Waals surface area (Å²) in [5.41, 5.74) is 2.26. The summed E-state index contributed by atoms with van der Waals surface area (Å²) in [5, 5.41) is 20.3. The highest BCUT2D eigenvalue weighted by atomic mass is 16.6. The van der Waals surface area contributed by atoms with Crippen LogP contribution < -0.4 is 4.74 Å². The summed E-state index contributed by atoms with van der Waals surface area (Å²) in [7, 11) is 0. The Morgan fingerprint density at radius 1 is 1.00 bits per heavy atom. The van der Waals surface area contributed by atoms with Gasteiger partial charge in [-0.25, -0.2) is 0 Å². The van der Waals surface area contributed by atoms with Gasteiger partial charge in [0.2, 0.25) is 0 Å². The average Bonchev–Trinajstić information content (AvgIpc) is 2.67. The summed E-state index contributed by atoms with van der Waals surface area (Å²) in [4.78, 5) is 21.7. The van der Waals surface area contributed by atoms with E-state index in [0.717, 1.165) is 5.56 Å². The molecule has 0 amide bonds. The van der Waals surface area contributed by atoms with Gasteiger partial charge in [-0.15, -0.1) is 0 Å². The second-order valence-electron chi connectivity index (χ2n) is 5.94. The van der Waals surface area contributed by atoms with E-state index in [0.29, 0.717) is 23.5 Å². The fourth-order valence-electron chi connectivity index (χ4n) is 2.78. The first-order valence-corrected chi connectivity index (χ1v) is 8.30. The van der Waals surface area contributed by atoms with E-state index in [-0.39, 0.29) is 11.3 Å². The molecular formula is C21H17NO5. The molecule has 0 aliphatic carbocycles. The SMILES string of the molecule is O=C(O)Cc1ccc(-c2ccccc2OCc2ccccc2)cc1[N+](=O)[O-]. The quantitative estimate of drug-likeness (QED) is 0.494. The van der Waals surface area contributed by atoms with Crippen LogP contribution in [-0.2, 0) is 17.8 Å². The summed E-state index contributed by atoms with van der Waals surface area (Å²) >= 11 is 0. The molecule has 0 fully saturated rings. The zero-order chi connectivity index (χ0) is 19.2. The molecule has 0 aliphatic heterocycles. The number of carboxylic acids is 1. The van der Waals surface area contributed by atoms with Crippen LogP contribution >= 0.6 is 0 Å². The molecule has 0 heterocycles. The molecule has 0 saturated heterocycles. The largest absolute Gasteiger partial charge is 0.488 e. The zero-order valence-corrected chi connectivity index (χ0v) is 14.4. The molecule has 3 aromatic rings. The van der Waals surface area contributed by atoms with E-state index < -0.39 is 17.3 Å². The van der Waals surface area contributed by atoms with E-state index in [9.17, 15) is 14.9 Å². The Kier molecular flexibility index (Phi) is 5.47. The monoisotopic (exact) mass is 363 g/mol. The minimum absolute atomic E-state index is 0.166. The van der Waals surface area contributed by atoms with Crippen molar-refractivity contribution in [2.45, 2.75) is 13.0 Å². The Labute approximate surface area is 155 Å². The van der Waals surface area contributed by atoms with Crippen molar-refractivity contribution in [3.05, 3.63) is 94.0 Å². The van der Waals surface area contributed by atoms with Gasteiger partial charge in [-0.2, -0.15) is 0 Å². The number of rotatable bonds is 7. The second kappa shape index (κ2) is 8.14. The van der Waals surface area contributed by atoms with E-state index in [1.54, 1.807) is 12.1 Å². The van der Waals surface area contributed by atoms with E-state index in [2.05, 4.69) is 0 Å². The third-order valence-electron chi connectivity index (χ3n) is 4.06. The lowest BCUT2D eigenvalue weighted by molar-refractivity contribution is -0.385. The van der Waals surface area contributed by atoms with Crippen LogP contribution in [-0.4, -0.2) is 16.0 Å². The smallest absolute Gasteiger partial charge is 0.308 e. The van der Waals surface area contributed by atoms with Crippen molar-refractivity contribution in [1.29, 1.82) is 0 Å². The van der Waals surface area contributed by atoms with Gasteiger partial charge >= 0.3 is 5.97 Å². The molecule has 0 spiro atoms. The van der Waals surface area contributed by atoms with Crippen LogP contribution in [0.1, 0.15) is 11.1 Å². The van der Waals surface area contributed by atoms with Gasteiger partial charge in [0.25, 0.3) is 5.69 Å². The lowest BCUT2D eigenvalue weighted by Gasteiger charge is -2.12. The normalized spacial score (nSPS) is 10.4. The zero-order valence-electron chi connectivity index (χ0n) is 14.4. The summed E-state index contributed by atoms with van der Waals surface area (Å²) < 4.78 is 5.91. The van der Waals surface area contributed by atoms with Crippen LogP contribution in [0.4, 0.5) is 5.69 Å². The van der Waals surface area contributed by atoms with Crippen molar-refractivity contribution >= 4 is 11.7 Å². The molecule has 0 saturated carbocycles. The predicted molar refractivity (Wildman–Crippen MR) is 101 cm³/mol. The summed E-state index contributed by atoms with van der Waals surface area (Å²) in [5.74, 6) is -0.515. The Morgan fingerprint density at radius 2 is 1.70 bits per heavy atom. The number of benzene rings is 3. The molecule has 0 atom stereocenters. The van der Waals surface area contributed by atoms with Gasteiger partial charge in [0.15, 0.2) is 0 Å². The molecule has 136 valence electrons. The number of nitrogens with zero attached hydrogens (tertiary/aromatic N) is 1.